The summed E-state index contributed by atoms with van der Waals surface area (Å²) in [7, 11) is 1.69. The largest absolute Gasteiger partial charge is 0.497 e. The normalized spacial score (nSPS) is 12.9. The van der Waals surface area contributed by atoms with Crippen LogP contribution in [0.4, 0.5) is 0 Å². The number of methoxy groups -OCH3 is 1. The lowest BCUT2D eigenvalue weighted by atomic mass is 9.85. The van der Waals surface area contributed by atoms with Crippen LogP contribution in [0.25, 0.3) is 22.5 Å². The van der Waals surface area contributed by atoms with E-state index in [2.05, 4.69) is 62.3 Å². The molecule has 1 aromatic heterocycles. The van der Waals surface area contributed by atoms with Gasteiger partial charge in [0.2, 0.25) is 0 Å². The lowest BCUT2D eigenvalue weighted by molar-refractivity contribution is 0.306. The first-order valence-corrected chi connectivity index (χ1v) is 10.3. The molecule has 152 valence electrons. The zero-order valence-corrected chi connectivity index (χ0v) is 18.0. The van der Waals surface area contributed by atoms with E-state index in [0.717, 1.165) is 59.0 Å². The third kappa shape index (κ3) is 3.61. The number of unbranched alkanes of at least 4 members (excludes halogenated alkanes) is 1. The lowest BCUT2D eigenvalue weighted by Gasteiger charge is -2.23. The number of rotatable bonds is 4. The molecule has 1 aliphatic rings. The molecule has 1 aliphatic heterocycles. The second-order valence-corrected chi connectivity index (χ2v) is 8.64. The predicted octanol–water partition coefficient (Wildman–Crippen LogP) is 5.61. The summed E-state index contributed by atoms with van der Waals surface area (Å²) >= 11 is 0. The molecule has 0 radical (unpaired) electrons. The van der Waals surface area contributed by atoms with E-state index in [1.54, 1.807) is 7.11 Å². The van der Waals surface area contributed by atoms with Crippen molar-refractivity contribution in [1.29, 1.82) is 0 Å². The van der Waals surface area contributed by atoms with Gasteiger partial charge < -0.3 is 9.47 Å². The van der Waals surface area contributed by atoms with Crippen LogP contribution in [0.5, 0.6) is 11.5 Å². The minimum absolute atomic E-state index is 0.0427. The monoisotopic (exact) mass is 391 g/mol. The maximum Gasteiger partial charge on any atom is 0.129 e. The molecule has 0 unspecified atom stereocenters. The molecule has 0 aliphatic carbocycles. The summed E-state index contributed by atoms with van der Waals surface area (Å²) < 4.78 is 13.7. The molecule has 4 rings (SSSR count). The molecule has 3 aromatic rings. The van der Waals surface area contributed by atoms with Crippen molar-refractivity contribution in [3.05, 3.63) is 47.5 Å². The molecule has 0 N–H and O–H groups in total. The summed E-state index contributed by atoms with van der Waals surface area (Å²) in [6.07, 6.45) is 2.17. The zero-order valence-electron chi connectivity index (χ0n) is 18.0. The molecule has 0 spiro atoms. The van der Waals surface area contributed by atoms with Gasteiger partial charge in [0.05, 0.1) is 12.8 Å². The second kappa shape index (κ2) is 7.54. The van der Waals surface area contributed by atoms with Crippen LogP contribution in [0.1, 0.15) is 51.7 Å². The van der Waals surface area contributed by atoms with E-state index in [4.69, 9.17) is 9.47 Å². The van der Waals surface area contributed by atoms with Crippen molar-refractivity contribution < 1.29 is 9.47 Å². The average Bonchev–Trinajstić information content (AvgIpc) is 3.11. The Kier molecular flexibility index (Phi) is 5.07. The van der Waals surface area contributed by atoms with Crippen molar-refractivity contribution in [2.24, 2.45) is 0 Å². The number of hydrogen-bond acceptors (Lipinski definition) is 4. The van der Waals surface area contributed by atoms with Gasteiger partial charge in [-0.05, 0) is 47.7 Å². The molecule has 29 heavy (non-hydrogen) atoms. The van der Waals surface area contributed by atoms with E-state index in [9.17, 15) is 0 Å². The van der Waals surface area contributed by atoms with Crippen molar-refractivity contribution >= 4 is 0 Å². The number of benzene rings is 2. The molecule has 0 amide bonds. The van der Waals surface area contributed by atoms with Crippen molar-refractivity contribution in [2.45, 2.75) is 59.1 Å². The molecule has 2 heterocycles. The van der Waals surface area contributed by atoms with E-state index in [0.29, 0.717) is 6.61 Å². The van der Waals surface area contributed by atoms with Gasteiger partial charge in [-0.25, -0.2) is 4.68 Å². The first-order chi connectivity index (χ1) is 13.9. The summed E-state index contributed by atoms with van der Waals surface area (Å²) in [6, 6.07) is 12.6. The van der Waals surface area contributed by atoms with Gasteiger partial charge in [0, 0.05) is 23.2 Å². The van der Waals surface area contributed by atoms with E-state index >= 15 is 0 Å². The highest BCUT2D eigenvalue weighted by Gasteiger charge is 2.26. The molecule has 0 bridgehead atoms. The SMILES string of the molecule is CCCCn1nnc2c1-c1ccc(OC)cc1COc1ccc(C(C)(C)C)cc1-2. The first kappa shape index (κ1) is 19.5. The fourth-order valence-electron chi connectivity index (χ4n) is 3.74. The highest BCUT2D eigenvalue weighted by molar-refractivity contribution is 5.84. The van der Waals surface area contributed by atoms with Crippen molar-refractivity contribution in [1.82, 2.24) is 15.0 Å². The Morgan fingerprint density at radius 2 is 1.93 bits per heavy atom. The summed E-state index contributed by atoms with van der Waals surface area (Å²) in [4.78, 5) is 0. The highest BCUT2D eigenvalue weighted by Crippen LogP contribution is 2.42. The fourth-order valence-corrected chi connectivity index (χ4v) is 3.74. The Morgan fingerprint density at radius 1 is 1.10 bits per heavy atom. The topological polar surface area (TPSA) is 49.2 Å². The van der Waals surface area contributed by atoms with Gasteiger partial charge in [0.25, 0.3) is 0 Å². The summed E-state index contributed by atoms with van der Waals surface area (Å²) in [5.74, 6) is 1.67. The Bertz CT molecular complexity index is 1030. The maximum absolute atomic E-state index is 6.24. The Hall–Kier alpha value is -2.82. The molecule has 2 aromatic carbocycles. The van der Waals surface area contributed by atoms with E-state index in [-0.39, 0.29) is 5.41 Å². The Labute approximate surface area is 172 Å². The van der Waals surface area contributed by atoms with Crippen LogP contribution in [0.3, 0.4) is 0 Å². The number of fused-ring (bicyclic) bond motifs is 5. The maximum atomic E-state index is 6.24. The predicted molar refractivity (Wildman–Crippen MR) is 115 cm³/mol. The molecule has 5 heteroatoms. The van der Waals surface area contributed by atoms with Crippen molar-refractivity contribution in [3.63, 3.8) is 0 Å². The minimum atomic E-state index is 0.0427. The highest BCUT2D eigenvalue weighted by atomic mass is 16.5. The number of aryl methyl sites for hydroxylation is 1. The summed E-state index contributed by atoms with van der Waals surface area (Å²) in [5, 5.41) is 9.15. The average molecular weight is 392 g/mol. The number of nitrogens with zero attached hydrogens (tertiary/aromatic N) is 3. The van der Waals surface area contributed by atoms with E-state index in [1.807, 2.05) is 16.8 Å². The van der Waals surface area contributed by atoms with Gasteiger partial charge >= 0.3 is 0 Å². The van der Waals surface area contributed by atoms with E-state index < -0.39 is 0 Å². The lowest BCUT2D eigenvalue weighted by Crippen LogP contribution is -2.12. The Morgan fingerprint density at radius 3 is 2.66 bits per heavy atom. The zero-order chi connectivity index (χ0) is 20.6. The number of hydrogen-bond donors (Lipinski definition) is 0. The molecule has 0 saturated carbocycles. The molecule has 0 atom stereocenters. The van der Waals surface area contributed by atoms with Crippen molar-refractivity contribution in [3.8, 4) is 34.0 Å². The molecule has 0 saturated heterocycles. The molecular formula is C24H29N3O2. The van der Waals surface area contributed by atoms with Gasteiger partial charge in [0.1, 0.15) is 23.8 Å². The van der Waals surface area contributed by atoms with Gasteiger partial charge in [-0.2, -0.15) is 0 Å². The van der Waals surface area contributed by atoms with Crippen LogP contribution in [0.2, 0.25) is 0 Å². The smallest absolute Gasteiger partial charge is 0.129 e. The fraction of sp³-hybridized carbons (Fsp3) is 0.417. The van der Waals surface area contributed by atoms with Gasteiger partial charge in [-0.15, -0.1) is 5.10 Å². The second-order valence-electron chi connectivity index (χ2n) is 8.64. The minimum Gasteiger partial charge on any atom is -0.497 e. The Balaban J connectivity index is 1.96. The van der Waals surface area contributed by atoms with Crippen LogP contribution in [-0.4, -0.2) is 22.1 Å². The number of aromatic nitrogens is 3. The van der Waals surface area contributed by atoms with Gasteiger partial charge in [-0.3, -0.25) is 0 Å². The van der Waals surface area contributed by atoms with Crippen molar-refractivity contribution in [2.75, 3.05) is 7.11 Å². The standard InChI is InChI=1S/C24H29N3O2/c1-6-7-12-27-23-19-10-9-18(28-5)13-16(19)15-29-21-11-8-17(24(2,3)4)14-20(21)22(23)25-26-27/h8-11,13-14H,6-7,12,15H2,1-5H3. The van der Waals surface area contributed by atoms with Gasteiger partial charge in [-0.1, -0.05) is 45.4 Å². The van der Waals surface area contributed by atoms with Crippen LogP contribution < -0.4 is 9.47 Å². The van der Waals surface area contributed by atoms with E-state index in [1.165, 1.54) is 5.56 Å². The summed E-state index contributed by atoms with van der Waals surface area (Å²) in [5.41, 5.74) is 6.44. The molecule has 5 nitrogen and oxygen atoms in total. The van der Waals surface area contributed by atoms with Gasteiger partial charge in [0.15, 0.2) is 0 Å². The molecule has 0 fully saturated rings. The number of ether oxygens (including phenoxy) is 2. The van der Waals surface area contributed by atoms with Crippen LogP contribution in [-0.2, 0) is 18.6 Å². The van der Waals surface area contributed by atoms with Crippen LogP contribution >= 0.6 is 0 Å². The third-order valence-corrected chi connectivity index (χ3v) is 5.51. The molecular weight excluding hydrogens is 362 g/mol. The summed E-state index contributed by atoms with van der Waals surface area (Å²) in [6.45, 7) is 10.2. The third-order valence-electron chi connectivity index (χ3n) is 5.51. The first-order valence-electron chi connectivity index (χ1n) is 10.3. The quantitative estimate of drug-likeness (QED) is 0.580. The van der Waals surface area contributed by atoms with Crippen LogP contribution in [0, 0.1) is 0 Å². The van der Waals surface area contributed by atoms with Crippen LogP contribution in [0.15, 0.2) is 36.4 Å².